The first-order valence-corrected chi connectivity index (χ1v) is 7.21. The smallest absolute Gasteiger partial charge is 0.335 e. The van der Waals surface area contributed by atoms with Crippen LogP contribution in [0.3, 0.4) is 0 Å². The maximum atomic E-state index is 10.9. The van der Waals surface area contributed by atoms with E-state index in [1.54, 1.807) is 30.5 Å². The average Bonchev–Trinajstić information content (AvgIpc) is 2.54. The molecule has 0 radical (unpaired) electrons. The average molecular weight is 304 g/mol. The molecule has 4 nitrogen and oxygen atoms in total. The molecular formula is C19H16N2O2. The van der Waals surface area contributed by atoms with E-state index < -0.39 is 5.97 Å². The van der Waals surface area contributed by atoms with Crippen molar-refractivity contribution in [1.29, 1.82) is 0 Å². The van der Waals surface area contributed by atoms with Gasteiger partial charge in [0.25, 0.3) is 0 Å². The number of aromatic carboxylic acids is 1. The van der Waals surface area contributed by atoms with Gasteiger partial charge in [0, 0.05) is 17.1 Å². The summed E-state index contributed by atoms with van der Waals surface area (Å²) >= 11 is 0. The van der Waals surface area contributed by atoms with Crippen LogP contribution in [-0.2, 0) is 0 Å². The van der Waals surface area contributed by atoms with Gasteiger partial charge >= 0.3 is 5.97 Å². The summed E-state index contributed by atoms with van der Waals surface area (Å²) < 4.78 is 0. The summed E-state index contributed by atoms with van der Waals surface area (Å²) in [7, 11) is 0. The Balaban J connectivity index is 2.01. The number of aryl methyl sites for hydroxylation is 1. The second-order valence-corrected chi connectivity index (χ2v) is 5.41. The van der Waals surface area contributed by atoms with Gasteiger partial charge in [0.05, 0.1) is 5.56 Å². The molecule has 0 fully saturated rings. The molecular weight excluding hydrogens is 288 g/mol. The Morgan fingerprint density at radius 2 is 1.87 bits per heavy atom. The van der Waals surface area contributed by atoms with Gasteiger partial charge in [-0.1, -0.05) is 48.0 Å². The molecule has 0 aliphatic heterocycles. The minimum atomic E-state index is -0.932. The quantitative estimate of drug-likeness (QED) is 0.767. The highest BCUT2D eigenvalue weighted by Gasteiger charge is 2.05. The molecule has 0 spiro atoms. The van der Waals surface area contributed by atoms with Crippen LogP contribution in [0.4, 0.5) is 5.82 Å². The number of fused-ring (bicyclic) bond motifs is 1. The highest BCUT2D eigenvalue weighted by molar-refractivity contribution is 5.96. The molecule has 0 saturated carbocycles. The van der Waals surface area contributed by atoms with E-state index >= 15 is 0 Å². The lowest BCUT2D eigenvalue weighted by atomic mass is 10.0. The number of carboxylic acid groups (broad SMARTS) is 1. The Labute approximate surface area is 133 Å². The van der Waals surface area contributed by atoms with E-state index in [9.17, 15) is 4.79 Å². The van der Waals surface area contributed by atoms with Gasteiger partial charge < -0.3 is 10.8 Å². The van der Waals surface area contributed by atoms with E-state index in [-0.39, 0.29) is 5.56 Å². The molecule has 0 amide bonds. The molecule has 1 heterocycles. The number of rotatable bonds is 3. The fourth-order valence-electron chi connectivity index (χ4n) is 2.45. The van der Waals surface area contributed by atoms with Crippen molar-refractivity contribution in [3.63, 3.8) is 0 Å². The van der Waals surface area contributed by atoms with Crippen LogP contribution in [0.2, 0.25) is 0 Å². The van der Waals surface area contributed by atoms with Gasteiger partial charge in [-0.2, -0.15) is 0 Å². The number of hydrogen-bond acceptors (Lipinski definition) is 3. The zero-order valence-electron chi connectivity index (χ0n) is 12.7. The normalized spacial score (nSPS) is 11.2. The first kappa shape index (κ1) is 14.8. The van der Waals surface area contributed by atoms with Crippen LogP contribution in [0.1, 0.15) is 27.0 Å². The second-order valence-electron chi connectivity index (χ2n) is 5.41. The summed E-state index contributed by atoms with van der Waals surface area (Å²) in [4.78, 5) is 15.1. The first-order valence-electron chi connectivity index (χ1n) is 7.21. The lowest BCUT2D eigenvalue weighted by molar-refractivity contribution is 0.0697. The third kappa shape index (κ3) is 3.06. The molecule has 0 aliphatic carbocycles. The Morgan fingerprint density at radius 3 is 2.57 bits per heavy atom. The molecule has 3 aromatic rings. The largest absolute Gasteiger partial charge is 0.478 e. The molecule has 0 unspecified atom stereocenters. The fourth-order valence-corrected chi connectivity index (χ4v) is 2.45. The predicted molar refractivity (Wildman–Crippen MR) is 93.2 cm³/mol. The van der Waals surface area contributed by atoms with Crippen LogP contribution >= 0.6 is 0 Å². The van der Waals surface area contributed by atoms with Crippen LogP contribution in [0.15, 0.2) is 48.7 Å². The van der Waals surface area contributed by atoms with Crippen molar-refractivity contribution < 1.29 is 9.90 Å². The standard InChI is InChI=1S/C19H16N2O2/c1-12-2-6-15-11-21-18(20)16(17(15)10-12)9-5-13-3-7-14(8-4-13)19(22)23/h2-11H,1H3,(H2,20,21)(H,22,23)/b9-5+. The zero-order valence-corrected chi connectivity index (χ0v) is 12.7. The molecule has 2 aromatic carbocycles. The van der Waals surface area contributed by atoms with Crippen LogP contribution in [0, 0.1) is 6.92 Å². The highest BCUT2D eigenvalue weighted by atomic mass is 16.4. The molecule has 23 heavy (non-hydrogen) atoms. The number of anilines is 1. The topological polar surface area (TPSA) is 76.2 Å². The third-order valence-corrected chi connectivity index (χ3v) is 3.72. The molecule has 114 valence electrons. The number of nitrogens with zero attached hydrogens (tertiary/aromatic N) is 1. The Bertz CT molecular complexity index is 907. The second kappa shape index (κ2) is 5.93. The van der Waals surface area contributed by atoms with Crippen LogP contribution in [-0.4, -0.2) is 16.1 Å². The van der Waals surface area contributed by atoms with Crippen molar-refractivity contribution in [1.82, 2.24) is 4.98 Å². The Kier molecular flexibility index (Phi) is 3.81. The summed E-state index contributed by atoms with van der Waals surface area (Å²) in [6.07, 6.45) is 5.59. The number of carbonyl (C=O) groups is 1. The van der Waals surface area contributed by atoms with Crippen LogP contribution in [0.25, 0.3) is 22.9 Å². The van der Waals surface area contributed by atoms with Crippen molar-refractivity contribution in [2.75, 3.05) is 5.73 Å². The van der Waals surface area contributed by atoms with E-state index in [2.05, 4.69) is 11.1 Å². The van der Waals surface area contributed by atoms with Crippen molar-refractivity contribution in [2.45, 2.75) is 6.92 Å². The molecule has 3 N–H and O–H groups in total. The lowest BCUT2D eigenvalue weighted by Gasteiger charge is -2.06. The van der Waals surface area contributed by atoms with Crippen LogP contribution < -0.4 is 5.73 Å². The molecule has 0 bridgehead atoms. The van der Waals surface area contributed by atoms with E-state index in [4.69, 9.17) is 10.8 Å². The SMILES string of the molecule is Cc1ccc2cnc(N)c(/C=C/c3ccc(C(=O)O)cc3)c2c1. The first-order chi connectivity index (χ1) is 11.0. The minimum absolute atomic E-state index is 0.268. The molecule has 1 aromatic heterocycles. The van der Waals surface area contributed by atoms with E-state index in [0.29, 0.717) is 5.82 Å². The number of nitrogen functional groups attached to an aromatic ring is 1. The maximum Gasteiger partial charge on any atom is 0.335 e. The van der Waals surface area contributed by atoms with E-state index in [1.807, 2.05) is 31.2 Å². The van der Waals surface area contributed by atoms with Gasteiger partial charge in [-0.25, -0.2) is 9.78 Å². The van der Waals surface area contributed by atoms with Crippen LogP contribution in [0.5, 0.6) is 0 Å². The van der Waals surface area contributed by atoms with Gasteiger partial charge in [0.15, 0.2) is 0 Å². The van der Waals surface area contributed by atoms with Crippen molar-refractivity contribution in [2.24, 2.45) is 0 Å². The summed E-state index contributed by atoms with van der Waals surface area (Å²) in [6, 6.07) is 12.8. The minimum Gasteiger partial charge on any atom is -0.478 e. The molecule has 0 atom stereocenters. The molecule has 4 heteroatoms. The number of hydrogen-bond donors (Lipinski definition) is 2. The Hall–Kier alpha value is -3.14. The maximum absolute atomic E-state index is 10.9. The van der Waals surface area contributed by atoms with Crippen molar-refractivity contribution in [3.05, 3.63) is 70.9 Å². The number of benzene rings is 2. The van der Waals surface area contributed by atoms with Gasteiger partial charge in [-0.15, -0.1) is 0 Å². The van der Waals surface area contributed by atoms with E-state index in [0.717, 1.165) is 27.5 Å². The predicted octanol–water partition coefficient (Wildman–Crippen LogP) is 3.99. The van der Waals surface area contributed by atoms with Gasteiger partial charge in [-0.05, 0) is 30.0 Å². The number of nitrogens with two attached hydrogens (primary N) is 1. The fraction of sp³-hybridized carbons (Fsp3) is 0.0526. The van der Waals surface area contributed by atoms with Gasteiger partial charge in [-0.3, -0.25) is 0 Å². The lowest BCUT2D eigenvalue weighted by Crippen LogP contribution is -1.95. The van der Waals surface area contributed by atoms with Crippen molar-refractivity contribution in [3.8, 4) is 0 Å². The van der Waals surface area contributed by atoms with Gasteiger partial charge in [0.1, 0.15) is 5.82 Å². The molecule has 3 rings (SSSR count). The summed E-state index contributed by atoms with van der Waals surface area (Å²) in [6.45, 7) is 2.04. The number of carboxylic acids is 1. The molecule has 0 saturated heterocycles. The van der Waals surface area contributed by atoms with E-state index in [1.165, 1.54) is 0 Å². The molecule has 0 aliphatic rings. The number of aromatic nitrogens is 1. The number of pyridine rings is 1. The monoisotopic (exact) mass is 304 g/mol. The summed E-state index contributed by atoms with van der Waals surface area (Å²) in [5.41, 5.74) is 9.22. The highest BCUT2D eigenvalue weighted by Crippen LogP contribution is 2.25. The zero-order chi connectivity index (χ0) is 16.4. The summed E-state index contributed by atoms with van der Waals surface area (Å²) in [5.74, 6) is -0.458. The Morgan fingerprint density at radius 1 is 1.13 bits per heavy atom. The summed E-state index contributed by atoms with van der Waals surface area (Å²) in [5, 5.41) is 11.0. The van der Waals surface area contributed by atoms with Gasteiger partial charge in [0.2, 0.25) is 0 Å². The van der Waals surface area contributed by atoms with Crippen molar-refractivity contribution >= 4 is 34.7 Å². The third-order valence-electron chi connectivity index (χ3n) is 3.72.